The minimum Gasteiger partial charge on any atom is -0.406 e. The van der Waals surface area contributed by atoms with E-state index in [1.165, 1.54) is 12.1 Å². The summed E-state index contributed by atoms with van der Waals surface area (Å²) in [6.07, 6.45) is -2.94. The molecule has 2 fully saturated rings. The Bertz CT molecular complexity index is 1030. The predicted molar refractivity (Wildman–Crippen MR) is 127 cm³/mol. The Morgan fingerprint density at radius 3 is 2.35 bits per heavy atom. The third-order valence-corrected chi connectivity index (χ3v) is 6.78. The maximum Gasteiger partial charge on any atom is 0.573 e. The highest BCUT2D eigenvalue weighted by atomic mass is 79.9. The van der Waals surface area contributed by atoms with Crippen LogP contribution >= 0.6 is 15.9 Å². The lowest BCUT2D eigenvalue weighted by Gasteiger charge is -2.28. The van der Waals surface area contributed by atoms with Gasteiger partial charge in [0.25, 0.3) is 0 Å². The zero-order valence-electron chi connectivity index (χ0n) is 18.4. The number of aliphatic imine (C=N–C) groups is 1. The van der Waals surface area contributed by atoms with Gasteiger partial charge in [-0.3, -0.25) is 9.79 Å². The van der Waals surface area contributed by atoms with Gasteiger partial charge in [-0.25, -0.2) is 0 Å². The Kier molecular flexibility index (Phi) is 7.18. The van der Waals surface area contributed by atoms with Crippen LogP contribution in [0.3, 0.4) is 0 Å². The van der Waals surface area contributed by atoms with E-state index in [1.54, 1.807) is 12.1 Å². The van der Waals surface area contributed by atoms with E-state index in [9.17, 15) is 18.0 Å². The quantitative estimate of drug-likeness (QED) is 0.335. The van der Waals surface area contributed by atoms with Crippen LogP contribution in [0.2, 0.25) is 0 Å². The Morgan fingerprint density at radius 2 is 1.82 bits per heavy atom. The Labute approximate surface area is 204 Å². The predicted octanol–water partition coefficient (Wildman–Crippen LogP) is 3.68. The van der Waals surface area contributed by atoms with Crippen molar-refractivity contribution in [2.75, 3.05) is 19.6 Å². The fourth-order valence-corrected chi connectivity index (χ4v) is 4.25. The SMILES string of the molecule is NC(=N[C@@H](Cc1ccc(Br)cc1)C(=O)NCC1CNC1)C1(c2ccc(OC(F)(F)F)cc2)CC1. The van der Waals surface area contributed by atoms with Gasteiger partial charge in [-0.05, 0) is 48.2 Å². The van der Waals surface area contributed by atoms with Crippen molar-refractivity contribution in [1.29, 1.82) is 0 Å². The molecule has 4 N–H and O–H groups in total. The third-order valence-electron chi connectivity index (χ3n) is 6.25. The maximum absolute atomic E-state index is 13.0. The molecule has 182 valence electrons. The summed E-state index contributed by atoms with van der Waals surface area (Å²) < 4.78 is 42.3. The second-order valence-electron chi connectivity index (χ2n) is 8.78. The molecule has 2 aliphatic rings. The largest absolute Gasteiger partial charge is 0.573 e. The number of nitrogens with two attached hydrogens (primary N) is 1. The lowest BCUT2D eigenvalue weighted by molar-refractivity contribution is -0.274. The van der Waals surface area contributed by atoms with Crippen molar-refractivity contribution < 1.29 is 22.7 Å². The normalized spacial score (nSPS) is 18.6. The minimum absolute atomic E-state index is 0.192. The smallest absolute Gasteiger partial charge is 0.406 e. The molecule has 1 saturated carbocycles. The molecular formula is C24H26BrF3N4O2. The maximum atomic E-state index is 13.0. The van der Waals surface area contributed by atoms with Gasteiger partial charge < -0.3 is 21.1 Å². The van der Waals surface area contributed by atoms with Crippen molar-refractivity contribution in [3.8, 4) is 5.75 Å². The highest BCUT2D eigenvalue weighted by molar-refractivity contribution is 9.10. The summed E-state index contributed by atoms with van der Waals surface area (Å²) in [5.41, 5.74) is 7.56. The summed E-state index contributed by atoms with van der Waals surface area (Å²) in [5.74, 6) is 0.244. The molecule has 6 nitrogen and oxygen atoms in total. The van der Waals surface area contributed by atoms with E-state index in [2.05, 4.69) is 36.3 Å². The Hall–Kier alpha value is -2.59. The van der Waals surface area contributed by atoms with E-state index < -0.39 is 17.8 Å². The third kappa shape index (κ3) is 6.09. The molecule has 0 bridgehead atoms. The number of hydrogen-bond acceptors (Lipinski definition) is 4. The lowest BCUT2D eigenvalue weighted by atomic mass is 9.94. The number of amidine groups is 1. The zero-order chi connectivity index (χ0) is 24.3. The first kappa shape index (κ1) is 24.5. The molecule has 1 atom stereocenters. The molecule has 1 aliphatic carbocycles. The number of ether oxygens (including phenoxy) is 1. The number of alkyl halides is 3. The number of nitrogens with one attached hydrogen (secondary N) is 2. The lowest BCUT2D eigenvalue weighted by Crippen LogP contribution is -2.49. The molecule has 1 amide bonds. The van der Waals surface area contributed by atoms with Crippen LogP contribution in [0, 0.1) is 5.92 Å². The number of carbonyl (C=O) groups is 1. The molecule has 2 aromatic carbocycles. The average Bonchev–Trinajstić information content (AvgIpc) is 3.55. The number of halogens is 4. The summed E-state index contributed by atoms with van der Waals surface area (Å²) in [5, 5.41) is 6.17. The minimum atomic E-state index is -4.75. The molecule has 2 aromatic rings. The van der Waals surface area contributed by atoms with Crippen LogP contribution in [-0.4, -0.2) is 43.8 Å². The summed E-state index contributed by atoms with van der Waals surface area (Å²) >= 11 is 3.41. The molecule has 1 saturated heterocycles. The van der Waals surface area contributed by atoms with Crippen LogP contribution in [0.25, 0.3) is 0 Å². The Morgan fingerprint density at radius 1 is 1.18 bits per heavy atom. The number of benzene rings is 2. The molecule has 1 aliphatic heterocycles. The highest BCUT2D eigenvalue weighted by Crippen LogP contribution is 2.49. The van der Waals surface area contributed by atoms with Crippen LogP contribution < -0.4 is 21.1 Å². The number of amides is 1. The molecule has 1 heterocycles. The average molecular weight is 539 g/mol. The first-order valence-electron chi connectivity index (χ1n) is 11.1. The molecule has 0 aromatic heterocycles. The van der Waals surface area contributed by atoms with Crippen molar-refractivity contribution in [2.24, 2.45) is 16.6 Å². The second kappa shape index (κ2) is 9.95. The van der Waals surface area contributed by atoms with E-state index in [-0.39, 0.29) is 11.7 Å². The van der Waals surface area contributed by atoms with Crippen LogP contribution in [0.15, 0.2) is 58.0 Å². The molecule has 0 spiro atoms. The molecule has 0 radical (unpaired) electrons. The number of nitrogens with zero attached hydrogens (tertiary/aromatic N) is 1. The summed E-state index contributed by atoms with van der Waals surface area (Å²) in [4.78, 5) is 17.7. The van der Waals surface area contributed by atoms with Crippen LogP contribution in [0.5, 0.6) is 5.75 Å². The number of hydrogen-bond donors (Lipinski definition) is 3. The van der Waals surface area contributed by atoms with Crippen molar-refractivity contribution in [2.45, 2.75) is 37.1 Å². The van der Waals surface area contributed by atoms with E-state index in [1.807, 2.05) is 24.3 Å². The number of rotatable bonds is 9. The van der Waals surface area contributed by atoms with Crippen LogP contribution in [0.4, 0.5) is 13.2 Å². The molecule has 4 rings (SSSR count). The van der Waals surface area contributed by atoms with Gasteiger partial charge in [0, 0.05) is 36.4 Å². The summed E-state index contributed by atoms with van der Waals surface area (Å²) in [6.45, 7) is 2.32. The van der Waals surface area contributed by atoms with E-state index in [0.29, 0.717) is 37.6 Å². The monoisotopic (exact) mass is 538 g/mol. The molecule has 0 unspecified atom stereocenters. The standard InChI is InChI=1S/C24H26BrF3N4O2/c25-18-5-1-15(2-6-18)11-20(21(33)31-14-16-12-30-13-16)32-22(29)23(9-10-23)17-3-7-19(8-4-17)34-24(26,27)28/h1-8,16,20,30H,9-14H2,(H2,29,32)(H,31,33)/t20-/m0/s1. The first-order valence-corrected chi connectivity index (χ1v) is 11.9. The van der Waals surface area contributed by atoms with Gasteiger partial charge in [0.05, 0.1) is 5.41 Å². The number of carbonyl (C=O) groups excluding carboxylic acids is 1. The second-order valence-corrected chi connectivity index (χ2v) is 9.70. The van der Waals surface area contributed by atoms with Crippen molar-refractivity contribution in [3.05, 3.63) is 64.1 Å². The van der Waals surface area contributed by atoms with Crippen molar-refractivity contribution in [3.63, 3.8) is 0 Å². The fourth-order valence-electron chi connectivity index (χ4n) is 3.98. The molecule has 34 heavy (non-hydrogen) atoms. The van der Waals surface area contributed by atoms with Gasteiger partial charge >= 0.3 is 6.36 Å². The Balaban J connectivity index is 1.52. The first-order chi connectivity index (χ1) is 16.1. The van der Waals surface area contributed by atoms with Crippen LogP contribution in [-0.2, 0) is 16.6 Å². The van der Waals surface area contributed by atoms with Gasteiger partial charge in [-0.1, -0.05) is 40.2 Å². The zero-order valence-corrected chi connectivity index (χ0v) is 20.0. The van der Waals surface area contributed by atoms with Crippen molar-refractivity contribution in [1.82, 2.24) is 10.6 Å². The van der Waals surface area contributed by atoms with Gasteiger partial charge in [0.2, 0.25) is 5.91 Å². The van der Waals surface area contributed by atoms with Gasteiger partial charge in [-0.2, -0.15) is 0 Å². The molecular weight excluding hydrogens is 513 g/mol. The van der Waals surface area contributed by atoms with Gasteiger partial charge in [0.1, 0.15) is 17.6 Å². The summed E-state index contributed by atoms with van der Waals surface area (Å²) in [6, 6.07) is 12.7. The summed E-state index contributed by atoms with van der Waals surface area (Å²) in [7, 11) is 0. The topological polar surface area (TPSA) is 88.7 Å². The molecule has 10 heteroatoms. The van der Waals surface area contributed by atoms with Gasteiger partial charge in [-0.15, -0.1) is 13.2 Å². The van der Waals surface area contributed by atoms with E-state index in [4.69, 9.17) is 5.73 Å². The van der Waals surface area contributed by atoms with Crippen LogP contribution in [0.1, 0.15) is 24.0 Å². The fraction of sp³-hybridized carbons (Fsp3) is 0.417. The highest BCUT2D eigenvalue weighted by Gasteiger charge is 2.48. The van der Waals surface area contributed by atoms with E-state index in [0.717, 1.165) is 28.7 Å². The van der Waals surface area contributed by atoms with Gasteiger partial charge in [0.15, 0.2) is 0 Å². The van der Waals surface area contributed by atoms with Crippen molar-refractivity contribution >= 4 is 27.7 Å². The van der Waals surface area contributed by atoms with E-state index >= 15 is 0 Å².